The van der Waals surface area contributed by atoms with Gasteiger partial charge in [-0.1, -0.05) is 22.6 Å². The van der Waals surface area contributed by atoms with Crippen LogP contribution in [0.1, 0.15) is 12.8 Å². The molecule has 1 N–H and O–H groups in total. The molecule has 0 spiro atoms. The Morgan fingerprint density at radius 1 is 1.62 bits per heavy atom. The molecule has 3 heteroatoms. The fourth-order valence-corrected chi connectivity index (χ4v) is 1.26. The molecule has 0 aromatic heterocycles. The van der Waals surface area contributed by atoms with E-state index in [1.807, 2.05) is 0 Å². The third kappa shape index (κ3) is 1.33. The van der Waals surface area contributed by atoms with Crippen molar-refractivity contribution in [1.82, 2.24) is 0 Å². The van der Waals surface area contributed by atoms with Crippen LogP contribution in [0.25, 0.3) is 0 Å². The lowest BCUT2D eigenvalue weighted by molar-refractivity contribution is 0.0237. The van der Waals surface area contributed by atoms with Crippen LogP contribution in [0, 0.1) is 0 Å². The van der Waals surface area contributed by atoms with Gasteiger partial charge in [0.15, 0.2) is 0 Å². The highest BCUT2D eigenvalue weighted by Crippen LogP contribution is 2.38. The molecule has 0 amide bonds. The van der Waals surface area contributed by atoms with Crippen molar-refractivity contribution in [3.63, 3.8) is 0 Å². The summed E-state index contributed by atoms with van der Waals surface area (Å²) in [6.07, 6.45) is 2.07. The van der Waals surface area contributed by atoms with Gasteiger partial charge in [0.2, 0.25) is 0 Å². The zero-order chi connectivity index (χ0) is 6.04. The minimum atomic E-state index is -0.110. The minimum absolute atomic E-state index is 0.110. The van der Waals surface area contributed by atoms with Crippen LogP contribution in [0.3, 0.4) is 0 Å². The monoisotopic (exact) mass is 228 g/mol. The van der Waals surface area contributed by atoms with Gasteiger partial charge in [-0.15, -0.1) is 0 Å². The van der Waals surface area contributed by atoms with Crippen LogP contribution in [0.15, 0.2) is 0 Å². The topological polar surface area (TPSA) is 29.5 Å². The van der Waals surface area contributed by atoms with Crippen molar-refractivity contribution in [3.05, 3.63) is 0 Å². The van der Waals surface area contributed by atoms with Gasteiger partial charge in [0.25, 0.3) is 0 Å². The molecule has 0 saturated heterocycles. The Labute approximate surface area is 62.4 Å². The molecule has 1 aliphatic rings. The molecule has 0 unspecified atom stereocenters. The van der Waals surface area contributed by atoms with Gasteiger partial charge in [-0.2, -0.15) is 0 Å². The highest BCUT2D eigenvalue weighted by molar-refractivity contribution is 14.1. The van der Waals surface area contributed by atoms with Gasteiger partial charge in [0.1, 0.15) is 0 Å². The maximum absolute atomic E-state index is 8.66. The van der Waals surface area contributed by atoms with Crippen LogP contribution in [-0.4, -0.2) is 21.9 Å². The van der Waals surface area contributed by atoms with Crippen molar-refractivity contribution in [3.8, 4) is 0 Å². The molecule has 0 aromatic carbocycles. The number of alkyl halides is 1. The fourth-order valence-electron chi connectivity index (χ4n) is 0.603. The van der Waals surface area contributed by atoms with Crippen LogP contribution < -0.4 is 0 Å². The van der Waals surface area contributed by atoms with E-state index in [9.17, 15) is 0 Å². The van der Waals surface area contributed by atoms with E-state index >= 15 is 0 Å². The third-order valence-electron chi connectivity index (χ3n) is 1.46. The molecule has 0 aliphatic heterocycles. The Bertz CT molecular complexity index is 80.5. The standard InChI is InChI=1S/C5H9IO2/c6-4-8-5(3-7)1-2-5/h7H,1-4H2. The number of ether oxygens (including phenoxy) is 1. The normalized spacial score (nSPS) is 23.2. The van der Waals surface area contributed by atoms with Crippen LogP contribution in [0.2, 0.25) is 0 Å². The maximum Gasteiger partial charge on any atom is 0.0987 e. The zero-order valence-electron chi connectivity index (χ0n) is 4.56. The largest absolute Gasteiger partial charge is 0.393 e. The van der Waals surface area contributed by atoms with Gasteiger partial charge in [0.05, 0.1) is 16.8 Å². The summed E-state index contributed by atoms with van der Waals surface area (Å²) >= 11 is 2.14. The van der Waals surface area contributed by atoms with Crippen LogP contribution in [-0.2, 0) is 4.74 Å². The molecular formula is C5H9IO2. The highest BCUT2D eigenvalue weighted by atomic mass is 127. The van der Waals surface area contributed by atoms with Crippen molar-refractivity contribution < 1.29 is 9.84 Å². The Balaban J connectivity index is 2.20. The van der Waals surface area contributed by atoms with Gasteiger partial charge in [-0.05, 0) is 12.8 Å². The summed E-state index contributed by atoms with van der Waals surface area (Å²) in [6, 6.07) is 0. The van der Waals surface area contributed by atoms with Crippen molar-refractivity contribution in [2.24, 2.45) is 0 Å². The predicted octanol–water partition coefficient (Wildman–Crippen LogP) is 0.920. The van der Waals surface area contributed by atoms with Crippen molar-refractivity contribution in [1.29, 1.82) is 0 Å². The van der Waals surface area contributed by atoms with Crippen LogP contribution >= 0.6 is 22.6 Å². The van der Waals surface area contributed by atoms with Crippen molar-refractivity contribution in [2.75, 3.05) is 11.2 Å². The van der Waals surface area contributed by atoms with Gasteiger partial charge >= 0.3 is 0 Å². The minimum Gasteiger partial charge on any atom is -0.393 e. The van der Waals surface area contributed by atoms with E-state index in [1.165, 1.54) is 0 Å². The summed E-state index contributed by atoms with van der Waals surface area (Å²) in [7, 11) is 0. The first-order valence-corrected chi connectivity index (χ1v) is 4.16. The lowest BCUT2D eigenvalue weighted by Crippen LogP contribution is -2.17. The SMILES string of the molecule is OCC1(OCI)CC1. The molecule has 0 radical (unpaired) electrons. The summed E-state index contributed by atoms with van der Waals surface area (Å²) < 4.78 is 5.92. The molecule has 0 aromatic rings. The number of aliphatic hydroxyl groups is 1. The summed E-state index contributed by atoms with van der Waals surface area (Å²) in [5.41, 5.74) is -0.110. The van der Waals surface area contributed by atoms with Crippen LogP contribution in [0.4, 0.5) is 0 Å². The molecule has 0 atom stereocenters. The Kier molecular flexibility index (Phi) is 2.11. The lowest BCUT2D eigenvalue weighted by atomic mass is 10.4. The molecule has 2 nitrogen and oxygen atoms in total. The summed E-state index contributed by atoms with van der Waals surface area (Å²) in [5, 5.41) is 8.66. The lowest BCUT2D eigenvalue weighted by Gasteiger charge is -2.08. The van der Waals surface area contributed by atoms with Gasteiger partial charge in [-0.3, -0.25) is 0 Å². The maximum atomic E-state index is 8.66. The molecule has 0 heterocycles. The van der Waals surface area contributed by atoms with Gasteiger partial charge in [0, 0.05) is 0 Å². The predicted molar refractivity (Wildman–Crippen MR) is 39.0 cm³/mol. The van der Waals surface area contributed by atoms with E-state index < -0.39 is 0 Å². The molecule has 1 rings (SSSR count). The first-order chi connectivity index (χ1) is 3.83. The number of aliphatic hydroxyl groups excluding tert-OH is 1. The summed E-state index contributed by atoms with van der Waals surface area (Å²) in [6.45, 7) is 0.190. The second-order valence-corrected chi connectivity index (χ2v) is 2.72. The van der Waals surface area contributed by atoms with E-state index in [2.05, 4.69) is 22.6 Å². The van der Waals surface area contributed by atoms with Gasteiger partial charge in [-0.25, -0.2) is 0 Å². The smallest absolute Gasteiger partial charge is 0.0987 e. The first-order valence-electron chi connectivity index (χ1n) is 2.64. The van der Waals surface area contributed by atoms with Crippen LogP contribution in [0.5, 0.6) is 0 Å². The van der Waals surface area contributed by atoms with E-state index in [-0.39, 0.29) is 12.2 Å². The molecule has 0 bridgehead atoms. The number of rotatable bonds is 3. The molecule has 1 saturated carbocycles. The molecule has 8 heavy (non-hydrogen) atoms. The number of halogens is 1. The zero-order valence-corrected chi connectivity index (χ0v) is 6.72. The highest BCUT2D eigenvalue weighted by Gasteiger charge is 2.43. The van der Waals surface area contributed by atoms with E-state index in [4.69, 9.17) is 9.84 Å². The number of hydrogen-bond acceptors (Lipinski definition) is 2. The van der Waals surface area contributed by atoms with Crippen molar-refractivity contribution in [2.45, 2.75) is 18.4 Å². The quantitative estimate of drug-likeness (QED) is 0.574. The Morgan fingerprint density at radius 3 is 2.38 bits per heavy atom. The number of hydrogen-bond donors (Lipinski definition) is 1. The summed E-state index contributed by atoms with van der Waals surface area (Å²) in [4.78, 5) is 0. The Morgan fingerprint density at radius 2 is 2.25 bits per heavy atom. The van der Waals surface area contributed by atoms with E-state index in [0.717, 1.165) is 12.8 Å². The second-order valence-electron chi connectivity index (χ2n) is 2.09. The van der Waals surface area contributed by atoms with E-state index in [1.54, 1.807) is 0 Å². The van der Waals surface area contributed by atoms with E-state index in [0.29, 0.717) is 4.61 Å². The van der Waals surface area contributed by atoms with Crippen molar-refractivity contribution >= 4 is 22.6 Å². The molecule has 48 valence electrons. The molecular weight excluding hydrogens is 219 g/mol. The summed E-state index contributed by atoms with van der Waals surface area (Å²) in [5.74, 6) is 0. The fraction of sp³-hybridized carbons (Fsp3) is 1.00. The first kappa shape index (κ1) is 6.77. The average molecular weight is 228 g/mol. The van der Waals surface area contributed by atoms with Gasteiger partial charge < -0.3 is 9.84 Å². The molecule has 1 aliphatic carbocycles. The average Bonchev–Trinajstić information content (AvgIpc) is 2.50. The second kappa shape index (κ2) is 2.49. The Hall–Kier alpha value is 0.650. The molecule has 1 fully saturated rings. The third-order valence-corrected chi connectivity index (χ3v) is 1.77.